The Balaban J connectivity index is 3.58. The van der Waals surface area contributed by atoms with Gasteiger partial charge in [0.15, 0.2) is 8.32 Å². The Labute approximate surface area is 102 Å². The van der Waals surface area contributed by atoms with Gasteiger partial charge in [-0.3, -0.25) is 4.79 Å². The molecule has 0 heterocycles. The first kappa shape index (κ1) is 15.1. The van der Waals surface area contributed by atoms with Gasteiger partial charge < -0.3 is 9.16 Å². The second-order valence-corrected chi connectivity index (χ2v) is 9.76. The molecule has 0 aromatic rings. The largest absolute Gasteiger partial charge is 0.465 e. The molecule has 3 nitrogen and oxygen atoms in total. The molecule has 0 radical (unpaired) electrons. The van der Waals surface area contributed by atoms with Gasteiger partial charge in [0.1, 0.15) is 4.83 Å². The van der Waals surface area contributed by atoms with Crippen LogP contribution < -0.4 is 0 Å². The van der Waals surface area contributed by atoms with Crippen molar-refractivity contribution in [3.63, 3.8) is 0 Å². The number of carbonyl (C=O) groups excluding carboxylic acids is 1. The predicted octanol–water partition coefficient (Wildman–Crippen LogP) is 2.94. The highest BCUT2D eigenvalue weighted by molar-refractivity contribution is 9.10. The number of hydrogen-bond acceptors (Lipinski definition) is 3. The standard InChI is InChI=1S/C10H21BrO3Si/c1-5-14-15(3,4)8-6-7-13-10(12)9(2)11/h9H,5-8H2,1-4H3/t9-/m1/s1. The Bertz CT molecular complexity index is 195. The van der Waals surface area contributed by atoms with Crippen molar-refractivity contribution in [1.29, 1.82) is 0 Å². The SMILES string of the molecule is CCO[Si](C)(C)CCCOC(=O)[C@@H](C)Br. The molecular weight excluding hydrogens is 276 g/mol. The number of ether oxygens (including phenoxy) is 1. The second-order valence-electron chi connectivity index (χ2n) is 4.08. The first-order valence-corrected chi connectivity index (χ1v) is 9.37. The van der Waals surface area contributed by atoms with E-state index in [0.29, 0.717) is 6.61 Å². The fourth-order valence-corrected chi connectivity index (χ4v) is 3.30. The molecule has 0 amide bonds. The molecule has 0 aliphatic carbocycles. The number of alkyl halides is 1. The van der Waals surface area contributed by atoms with Crippen LogP contribution in [0.15, 0.2) is 0 Å². The summed E-state index contributed by atoms with van der Waals surface area (Å²) in [4.78, 5) is 10.9. The summed E-state index contributed by atoms with van der Waals surface area (Å²) >= 11 is 3.17. The average Bonchev–Trinajstić information content (AvgIpc) is 2.11. The van der Waals surface area contributed by atoms with Gasteiger partial charge in [-0.1, -0.05) is 15.9 Å². The van der Waals surface area contributed by atoms with E-state index in [0.717, 1.165) is 19.1 Å². The smallest absolute Gasteiger partial charge is 0.319 e. The van der Waals surface area contributed by atoms with Crippen molar-refractivity contribution in [3.05, 3.63) is 0 Å². The Morgan fingerprint density at radius 1 is 1.47 bits per heavy atom. The fourth-order valence-electron chi connectivity index (χ4n) is 1.25. The van der Waals surface area contributed by atoms with Crippen LogP contribution in [0, 0.1) is 0 Å². The summed E-state index contributed by atoms with van der Waals surface area (Å²) < 4.78 is 10.7. The van der Waals surface area contributed by atoms with E-state index in [1.165, 1.54) is 0 Å². The van der Waals surface area contributed by atoms with Crippen LogP contribution >= 0.6 is 15.9 Å². The number of hydrogen-bond donors (Lipinski definition) is 0. The van der Waals surface area contributed by atoms with Crippen molar-refractivity contribution in [1.82, 2.24) is 0 Å². The van der Waals surface area contributed by atoms with Crippen LogP contribution in [0.25, 0.3) is 0 Å². The van der Waals surface area contributed by atoms with Crippen LogP contribution in [0.3, 0.4) is 0 Å². The van der Waals surface area contributed by atoms with Gasteiger partial charge in [-0.05, 0) is 39.4 Å². The Morgan fingerprint density at radius 3 is 2.53 bits per heavy atom. The Morgan fingerprint density at radius 2 is 2.07 bits per heavy atom. The lowest BCUT2D eigenvalue weighted by molar-refractivity contribution is -0.142. The van der Waals surface area contributed by atoms with Gasteiger partial charge in [0.25, 0.3) is 0 Å². The number of carbonyl (C=O) groups is 1. The zero-order chi connectivity index (χ0) is 11.9. The third kappa shape index (κ3) is 7.99. The molecule has 0 rings (SSSR count). The molecule has 0 aromatic heterocycles. The molecule has 15 heavy (non-hydrogen) atoms. The summed E-state index contributed by atoms with van der Waals surface area (Å²) in [6.07, 6.45) is 0.894. The molecule has 0 aliphatic heterocycles. The summed E-state index contributed by atoms with van der Waals surface area (Å²) in [6, 6.07) is 1.03. The molecule has 0 N–H and O–H groups in total. The van der Waals surface area contributed by atoms with Gasteiger partial charge in [-0.15, -0.1) is 0 Å². The predicted molar refractivity (Wildman–Crippen MR) is 67.9 cm³/mol. The molecule has 0 aliphatic rings. The Kier molecular flexibility index (Phi) is 7.47. The highest BCUT2D eigenvalue weighted by Gasteiger charge is 2.21. The minimum absolute atomic E-state index is 0.189. The lowest BCUT2D eigenvalue weighted by atomic mass is 10.5. The van der Waals surface area contributed by atoms with Crippen molar-refractivity contribution in [3.8, 4) is 0 Å². The molecule has 0 spiro atoms. The average molecular weight is 297 g/mol. The molecule has 0 saturated carbocycles. The van der Waals surface area contributed by atoms with Crippen LogP contribution in [0.1, 0.15) is 20.3 Å². The molecule has 0 unspecified atom stereocenters. The van der Waals surface area contributed by atoms with Crippen molar-refractivity contribution < 1.29 is 14.0 Å². The number of halogens is 1. The van der Waals surface area contributed by atoms with Crippen LogP contribution in [0.5, 0.6) is 0 Å². The van der Waals surface area contributed by atoms with Crippen LogP contribution in [-0.4, -0.2) is 32.3 Å². The minimum Gasteiger partial charge on any atom is -0.465 e. The lowest BCUT2D eigenvalue weighted by Crippen LogP contribution is -2.30. The second kappa shape index (κ2) is 7.41. The Hall–Kier alpha value is 0.127. The van der Waals surface area contributed by atoms with Gasteiger partial charge in [0.2, 0.25) is 0 Å². The van der Waals surface area contributed by atoms with Crippen molar-refractivity contribution in [2.24, 2.45) is 0 Å². The zero-order valence-corrected chi connectivity index (χ0v) is 12.6. The van der Waals surface area contributed by atoms with E-state index in [1.807, 2.05) is 6.92 Å². The summed E-state index contributed by atoms with van der Waals surface area (Å²) in [5.74, 6) is -0.189. The fraction of sp³-hybridized carbons (Fsp3) is 0.900. The lowest BCUT2D eigenvalue weighted by Gasteiger charge is -2.21. The molecule has 0 fully saturated rings. The third-order valence-corrected chi connectivity index (χ3v) is 5.03. The first-order chi connectivity index (χ1) is 6.89. The molecule has 90 valence electrons. The number of esters is 1. The molecule has 5 heteroatoms. The van der Waals surface area contributed by atoms with E-state index < -0.39 is 8.32 Å². The maximum Gasteiger partial charge on any atom is 0.319 e. The van der Waals surface area contributed by atoms with Gasteiger partial charge in [-0.2, -0.15) is 0 Å². The topological polar surface area (TPSA) is 35.5 Å². The molecule has 0 aromatic carbocycles. The first-order valence-electron chi connectivity index (χ1n) is 5.33. The van der Waals surface area contributed by atoms with Crippen LogP contribution in [0.2, 0.25) is 19.1 Å². The maximum atomic E-state index is 11.1. The zero-order valence-electron chi connectivity index (χ0n) is 10.0. The molecular formula is C10H21BrO3Si. The van der Waals surface area contributed by atoms with Gasteiger partial charge in [-0.25, -0.2) is 0 Å². The summed E-state index contributed by atoms with van der Waals surface area (Å²) in [5, 5.41) is 0. The van der Waals surface area contributed by atoms with Crippen molar-refractivity contribution in [2.75, 3.05) is 13.2 Å². The summed E-state index contributed by atoms with van der Waals surface area (Å²) in [5.41, 5.74) is 0. The quantitative estimate of drug-likeness (QED) is 0.314. The van der Waals surface area contributed by atoms with Gasteiger partial charge in [0.05, 0.1) is 6.61 Å². The van der Waals surface area contributed by atoms with E-state index in [4.69, 9.17) is 9.16 Å². The number of rotatable bonds is 7. The third-order valence-electron chi connectivity index (χ3n) is 2.03. The van der Waals surface area contributed by atoms with Crippen molar-refractivity contribution in [2.45, 2.75) is 44.2 Å². The minimum atomic E-state index is -1.51. The van der Waals surface area contributed by atoms with E-state index >= 15 is 0 Å². The van der Waals surface area contributed by atoms with Gasteiger partial charge >= 0.3 is 5.97 Å². The van der Waals surface area contributed by atoms with Crippen molar-refractivity contribution >= 4 is 30.2 Å². The highest BCUT2D eigenvalue weighted by Crippen LogP contribution is 2.13. The van der Waals surface area contributed by atoms with Gasteiger partial charge in [0, 0.05) is 6.61 Å². The normalized spacial score (nSPS) is 13.7. The maximum absolute atomic E-state index is 11.1. The van der Waals surface area contributed by atoms with Crippen LogP contribution in [0.4, 0.5) is 0 Å². The summed E-state index contributed by atoms with van der Waals surface area (Å²) in [7, 11) is -1.51. The van der Waals surface area contributed by atoms with E-state index in [-0.39, 0.29) is 10.8 Å². The summed E-state index contributed by atoms with van der Waals surface area (Å²) in [6.45, 7) is 9.43. The van der Waals surface area contributed by atoms with E-state index in [1.54, 1.807) is 6.92 Å². The molecule has 0 saturated heterocycles. The van der Waals surface area contributed by atoms with E-state index in [9.17, 15) is 4.79 Å². The highest BCUT2D eigenvalue weighted by atomic mass is 79.9. The molecule has 0 bridgehead atoms. The molecule has 1 atom stereocenters. The van der Waals surface area contributed by atoms with Crippen LogP contribution in [-0.2, 0) is 14.0 Å². The van der Waals surface area contributed by atoms with E-state index in [2.05, 4.69) is 29.0 Å². The monoisotopic (exact) mass is 296 g/mol.